The van der Waals surface area contributed by atoms with Gasteiger partial charge >= 0.3 is 0 Å². The zero-order valence-electron chi connectivity index (χ0n) is 12.7. The number of benzene rings is 1. The molecular formula is C15H23BrN2O3S. The van der Waals surface area contributed by atoms with Crippen molar-refractivity contribution >= 4 is 26.0 Å². The molecule has 1 aliphatic rings. The Bertz CT molecular complexity index is 601. The number of ether oxygens (including phenoxy) is 1. The van der Waals surface area contributed by atoms with Crippen molar-refractivity contribution in [3.63, 3.8) is 0 Å². The molecular weight excluding hydrogens is 368 g/mol. The van der Waals surface area contributed by atoms with Crippen molar-refractivity contribution in [1.29, 1.82) is 0 Å². The third kappa shape index (κ3) is 4.22. The second-order valence-corrected chi connectivity index (χ2v) is 8.19. The highest BCUT2D eigenvalue weighted by molar-refractivity contribution is 9.10. The van der Waals surface area contributed by atoms with Gasteiger partial charge in [0, 0.05) is 23.1 Å². The molecule has 0 aromatic heterocycles. The van der Waals surface area contributed by atoms with E-state index in [1.165, 1.54) is 19.6 Å². The zero-order valence-corrected chi connectivity index (χ0v) is 15.1. The van der Waals surface area contributed by atoms with Gasteiger partial charge in [0.15, 0.2) is 0 Å². The second kappa shape index (κ2) is 7.77. The number of methoxy groups -OCH3 is 1. The number of hydrogen-bond acceptors (Lipinski definition) is 4. The minimum Gasteiger partial charge on any atom is -0.497 e. The first-order chi connectivity index (χ1) is 10.5. The van der Waals surface area contributed by atoms with Gasteiger partial charge < -0.3 is 10.5 Å². The number of hydrogen-bond donors (Lipinski definition) is 2. The molecule has 0 spiro atoms. The van der Waals surface area contributed by atoms with Crippen LogP contribution in [-0.4, -0.2) is 28.1 Å². The summed E-state index contributed by atoms with van der Waals surface area (Å²) in [5.74, 6) is 0.823. The Morgan fingerprint density at radius 3 is 2.64 bits per heavy atom. The van der Waals surface area contributed by atoms with Crippen LogP contribution in [0.15, 0.2) is 27.6 Å². The Hall–Kier alpha value is -0.630. The fraction of sp³-hybridized carbons (Fsp3) is 0.600. The van der Waals surface area contributed by atoms with Crippen LogP contribution in [0, 0.1) is 5.92 Å². The maximum absolute atomic E-state index is 12.7. The molecule has 5 nitrogen and oxygen atoms in total. The van der Waals surface area contributed by atoms with E-state index in [1.807, 2.05) is 0 Å². The smallest absolute Gasteiger partial charge is 0.242 e. The van der Waals surface area contributed by atoms with Gasteiger partial charge in [-0.15, -0.1) is 0 Å². The molecule has 1 unspecified atom stereocenters. The molecule has 1 saturated carbocycles. The lowest BCUT2D eigenvalue weighted by molar-refractivity contribution is 0.294. The van der Waals surface area contributed by atoms with E-state index in [0.717, 1.165) is 25.7 Å². The van der Waals surface area contributed by atoms with Gasteiger partial charge in [-0.3, -0.25) is 0 Å². The Balaban J connectivity index is 2.22. The molecule has 1 aliphatic carbocycles. The molecule has 0 saturated heterocycles. The Morgan fingerprint density at radius 1 is 1.36 bits per heavy atom. The van der Waals surface area contributed by atoms with Crippen LogP contribution in [0.2, 0.25) is 0 Å². The summed E-state index contributed by atoms with van der Waals surface area (Å²) in [5.41, 5.74) is 5.82. The number of halogens is 1. The molecule has 7 heteroatoms. The Labute approximate surface area is 140 Å². The largest absolute Gasteiger partial charge is 0.497 e. The van der Waals surface area contributed by atoms with Crippen LogP contribution in [0.3, 0.4) is 0 Å². The van der Waals surface area contributed by atoms with Gasteiger partial charge in [0.1, 0.15) is 5.75 Å². The van der Waals surface area contributed by atoms with Crippen molar-refractivity contribution in [2.75, 3.05) is 13.7 Å². The van der Waals surface area contributed by atoms with Gasteiger partial charge in [-0.05, 0) is 46.8 Å². The van der Waals surface area contributed by atoms with Crippen LogP contribution < -0.4 is 15.2 Å². The van der Waals surface area contributed by atoms with Crippen LogP contribution >= 0.6 is 15.9 Å². The molecule has 1 fully saturated rings. The lowest BCUT2D eigenvalue weighted by Crippen LogP contribution is -2.45. The molecule has 0 radical (unpaired) electrons. The molecule has 1 aromatic rings. The van der Waals surface area contributed by atoms with Crippen molar-refractivity contribution in [3.05, 3.63) is 22.7 Å². The third-order valence-corrected chi connectivity index (χ3v) is 6.69. The summed E-state index contributed by atoms with van der Waals surface area (Å²) in [5, 5.41) is 0. The topological polar surface area (TPSA) is 81.4 Å². The zero-order chi connectivity index (χ0) is 16.2. The molecule has 22 heavy (non-hydrogen) atoms. The predicted octanol–water partition coefficient (Wildman–Crippen LogP) is 2.64. The summed E-state index contributed by atoms with van der Waals surface area (Å²) in [6, 6.07) is 4.68. The minimum absolute atomic E-state index is 0.182. The molecule has 2 rings (SSSR count). The van der Waals surface area contributed by atoms with Crippen LogP contribution in [0.4, 0.5) is 0 Å². The molecule has 0 amide bonds. The van der Waals surface area contributed by atoms with Crippen molar-refractivity contribution < 1.29 is 13.2 Å². The standard InChI is InChI=1S/C15H23BrN2O3S/c1-21-12-7-8-13(16)15(9-12)22(19,20)18-14(10-17)11-5-3-2-4-6-11/h7-9,11,14,18H,2-6,10,17H2,1H3. The molecule has 0 heterocycles. The van der Waals surface area contributed by atoms with Crippen molar-refractivity contribution in [1.82, 2.24) is 4.72 Å². The number of nitrogens with two attached hydrogens (primary N) is 1. The summed E-state index contributed by atoms with van der Waals surface area (Å²) in [7, 11) is -2.13. The molecule has 0 bridgehead atoms. The van der Waals surface area contributed by atoms with Gasteiger partial charge in [-0.2, -0.15) is 0 Å². The second-order valence-electron chi connectivity index (χ2n) is 5.66. The van der Waals surface area contributed by atoms with Gasteiger partial charge in [-0.25, -0.2) is 13.1 Å². The lowest BCUT2D eigenvalue weighted by atomic mass is 9.84. The first kappa shape index (κ1) is 17.7. The summed E-state index contributed by atoms with van der Waals surface area (Å²) in [6.07, 6.45) is 5.58. The van der Waals surface area contributed by atoms with E-state index in [2.05, 4.69) is 20.7 Å². The fourth-order valence-corrected chi connectivity index (χ4v) is 5.25. The highest BCUT2D eigenvalue weighted by Gasteiger charge is 2.28. The maximum Gasteiger partial charge on any atom is 0.242 e. The summed E-state index contributed by atoms with van der Waals surface area (Å²) in [6.45, 7) is 0.311. The Kier molecular flexibility index (Phi) is 6.26. The average molecular weight is 391 g/mol. The van der Waals surface area contributed by atoms with Crippen LogP contribution in [-0.2, 0) is 10.0 Å². The molecule has 3 N–H and O–H groups in total. The summed E-state index contributed by atoms with van der Waals surface area (Å²) >= 11 is 3.30. The van der Waals surface area contributed by atoms with Crippen molar-refractivity contribution in [2.24, 2.45) is 11.7 Å². The lowest BCUT2D eigenvalue weighted by Gasteiger charge is -2.30. The first-order valence-electron chi connectivity index (χ1n) is 7.54. The predicted molar refractivity (Wildman–Crippen MR) is 90.4 cm³/mol. The van der Waals surface area contributed by atoms with Gasteiger partial charge in [-0.1, -0.05) is 19.3 Å². The van der Waals surface area contributed by atoms with Crippen LogP contribution in [0.1, 0.15) is 32.1 Å². The maximum atomic E-state index is 12.7. The average Bonchev–Trinajstić information content (AvgIpc) is 2.53. The van der Waals surface area contributed by atoms with Gasteiger partial charge in [0.05, 0.1) is 12.0 Å². The van der Waals surface area contributed by atoms with E-state index in [1.54, 1.807) is 12.1 Å². The molecule has 0 aliphatic heterocycles. The number of rotatable bonds is 6. The van der Waals surface area contributed by atoms with Gasteiger partial charge in [0.25, 0.3) is 0 Å². The molecule has 124 valence electrons. The van der Waals surface area contributed by atoms with E-state index in [-0.39, 0.29) is 10.9 Å². The van der Waals surface area contributed by atoms with E-state index in [0.29, 0.717) is 22.7 Å². The summed E-state index contributed by atoms with van der Waals surface area (Å²) in [4.78, 5) is 0.182. The monoisotopic (exact) mass is 390 g/mol. The first-order valence-corrected chi connectivity index (χ1v) is 9.81. The van der Waals surface area contributed by atoms with E-state index >= 15 is 0 Å². The van der Waals surface area contributed by atoms with Crippen molar-refractivity contribution in [3.8, 4) is 5.75 Å². The third-order valence-electron chi connectivity index (χ3n) is 4.21. The van der Waals surface area contributed by atoms with E-state index in [9.17, 15) is 8.42 Å². The highest BCUT2D eigenvalue weighted by atomic mass is 79.9. The fourth-order valence-electron chi connectivity index (χ4n) is 2.95. The van der Waals surface area contributed by atoms with E-state index in [4.69, 9.17) is 10.5 Å². The van der Waals surface area contributed by atoms with Crippen LogP contribution in [0.5, 0.6) is 5.75 Å². The van der Waals surface area contributed by atoms with E-state index < -0.39 is 10.0 Å². The minimum atomic E-state index is -3.64. The molecule has 1 aromatic carbocycles. The summed E-state index contributed by atoms with van der Waals surface area (Å²) < 4.78 is 33.8. The Morgan fingerprint density at radius 2 is 2.05 bits per heavy atom. The van der Waals surface area contributed by atoms with Crippen LogP contribution in [0.25, 0.3) is 0 Å². The molecule has 1 atom stereocenters. The number of sulfonamides is 1. The SMILES string of the molecule is COc1ccc(Br)c(S(=O)(=O)NC(CN)C2CCCCC2)c1. The van der Waals surface area contributed by atoms with Gasteiger partial charge in [0.2, 0.25) is 10.0 Å². The quantitative estimate of drug-likeness (QED) is 0.781. The highest BCUT2D eigenvalue weighted by Crippen LogP contribution is 2.29. The van der Waals surface area contributed by atoms with Crippen molar-refractivity contribution in [2.45, 2.75) is 43.0 Å². The number of nitrogens with one attached hydrogen (secondary N) is 1. The normalized spacial score (nSPS) is 18.1.